The maximum absolute atomic E-state index is 3.72. The Labute approximate surface area is 140 Å². The first-order valence-corrected chi connectivity index (χ1v) is 9.12. The molecule has 1 unspecified atom stereocenters. The Morgan fingerprint density at radius 2 is 1.86 bits per heavy atom. The summed E-state index contributed by atoms with van der Waals surface area (Å²) in [6.07, 6.45) is 1.14. The molecule has 0 aliphatic rings. The molecule has 2 rings (SSSR count). The number of benzene rings is 1. The highest BCUT2D eigenvalue weighted by Crippen LogP contribution is 2.36. The highest BCUT2D eigenvalue weighted by molar-refractivity contribution is 9.11. The third-order valence-corrected chi connectivity index (χ3v) is 5.25. The molecule has 1 heterocycles. The predicted octanol–water partition coefficient (Wildman–Crippen LogP) is 5.90. The number of nitrogens with one attached hydrogen (secondary N) is 1. The van der Waals surface area contributed by atoms with Gasteiger partial charge in [0, 0.05) is 4.88 Å². The van der Waals surface area contributed by atoms with Gasteiger partial charge in [-0.3, -0.25) is 0 Å². The van der Waals surface area contributed by atoms with E-state index in [4.69, 9.17) is 0 Å². The Morgan fingerprint density at radius 1 is 1.14 bits per heavy atom. The van der Waals surface area contributed by atoms with Crippen molar-refractivity contribution in [3.8, 4) is 0 Å². The molecule has 0 aliphatic carbocycles. The van der Waals surface area contributed by atoms with Gasteiger partial charge in [-0.2, -0.15) is 0 Å². The highest BCUT2D eigenvalue weighted by Gasteiger charge is 2.24. The Balaban J connectivity index is 2.46. The van der Waals surface area contributed by atoms with Gasteiger partial charge in [-0.15, -0.1) is 11.3 Å². The summed E-state index contributed by atoms with van der Waals surface area (Å²) in [5, 5.41) is 3.72. The van der Waals surface area contributed by atoms with Gasteiger partial charge < -0.3 is 5.32 Å². The van der Waals surface area contributed by atoms with E-state index in [1.54, 1.807) is 0 Å². The van der Waals surface area contributed by atoms with Crippen molar-refractivity contribution in [3.05, 3.63) is 56.2 Å². The molecule has 0 saturated carbocycles. The molecule has 114 valence electrons. The van der Waals surface area contributed by atoms with Gasteiger partial charge in [0.2, 0.25) is 0 Å². The molecule has 0 aliphatic heterocycles. The predicted molar refractivity (Wildman–Crippen MR) is 97.3 cm³/mol. The molecule has 0 bridgehead atoms. The van der Waals surface area contributed by atoms with E-state index in [0.29, 0.717) is 0 Å². The zero-order chi connectivity index (χ0) is 15.5. The van der Waals surface area contributed by atoms with Crippen LogP contribution in [0.4, 0.5) is 0 Å². The average Bonchev–Trinajstić information content (AvgIpc) is 2.85. The zero-order valence-corrected chi connectivity index (χ0v) is 15.6. The minimum atomic E-state index is 0.150. The number of hydrogen-bond acceptors (Lipinski definition) is 2. The molecular weight excluding hydrogens is 342 g/mol. The van der Waals surface area contributed by atoms with Gasteiger partial charge in [0.05, 0.1) is 9.83 Å². The first-order valence-electron chi connectivity index (χ1n) is 7.51. The molecule has 1 aromatic carbocycles. The molecule has 1 aromatic heterocycles. The van der Waals surface area contributed by atoms with Crippen molar-refractivity contribution >= 4 is 27.3 Å². The molecule has 1 atom stereocenters. The van der Waals surface area contributed by atoms with Crippen molar-refractivity contribution in [2.45, 2.75) is 45.6 Å². The number of halogens is 1. The molecular formula is C18H24BrNS. The van der Waals surface area contributed by atoms with Crippen LogP contribution < -0.4 is 5.32 Å². The molecule has 0 radical (unpaired) electrons. The molecule has 2 aromatic rings. The van der Waals surface area contributed by atoms with Crippen LogP contribution >= 0.6 is 27.3 Å². The van der Waals surface area contributed by atoms with Gasteiger partial charge >= 0.3 is 0 Å². The largest absolute Gasteiger partial charge is 0.306 e. The van der Waals surface area contributed by atoms with Crippen LogP contribution in [0.3, 0.4) is 0 Å². The van der Waals surface area contributed by atoms with Crippen LogP contribution in [-0.4, -0.2) is 6.54 Å². The van der Waals surface area contributed by atoms with Crippen LogP contribution in [0.25, 0.3) is 0 Å². The van der Waals surface area contributed by atoms with Crippen LogP contribution in [0.1, 0.15) is 56.2 Å². The lowest BCUT2D eigenvalue weighted by atomic mass is 9.81. The van der Waals surface area contributed by atoms with Crippen LogP contribution in [0, 0.1) is 0 Å². The van der Waals surface area contributed by atoms with Crippen molar-refractivity contribution in [3.63, 3.8) is 0 Å². The minimum Gasteiger partial charge on any atom is -0.306 e. The Kier molecular flexibility index (Phi) is 5.64. The third kappa shape index (κ3) is 4.18. The molecule has 0 amide bonds. The lowest BCUT2D eigenvalue weighted by Gasteiger charge is -2.27. The van der Waals surface area contributed by atoms with Crippen molar-refractivity contribution in [1.29, 1.82) is 0 Å². The fraction of sp³-hybridized carbons (Fsp3) is 0.444. The van der Waals surface area contributed by atoms with Crippen LogP contribution in [0.15, 0.2) is 40.2 Å². The lowest BCUT2D eigenvalue weighted by Crippen LogP contribution is -2.26. The molecule has 21 heavy (non-hydrogen) atoms. The van der Waals surface area contributed by atoms with E-state index in [-0.39, 0.29) is 11.5 Å². The number of rotatable bonds is 5. The van der Waals surface area contributed by atoms with E-state index in [1.807, 2.05) is 11.3 Å². The van der Waals surface area contributed by atoms with Gasteiger partial charge in [0.25, 0.3) is 0 Å². The first kappa shape index (κ1) is 16.7. The summed E-state index contributed by atoms with van der Waals surface area (Å²) in [6, 6.07) is 13.5. The van der Waals surface area contributed by atoms with Gasteiger partial charge in [-0.25, -0.2) is 0 Å². The molecule has 0 fully saturated rings. The van der Waals surface area contributed by atoms with E-state index in [2.05, 4.69) is 85.3 Å². The van der Waals surface area contributed by atoms with E-state index in [9.17, 15) is 0 Å². The second-order valence-electron chi connectivity index (χ2n) is 6.37. The van der Waals surface area contributed by atoms with Crippen LogP contribution in [0.2, 0.25) is 0 Å². The smallest absolute Gasteiger partial charge is 0.0702 e. The van der Waals surface area contributed by atoms with Gasteiger partial charge in [-0.05, 0) is 57.6 Å². The van der Waals surface area contributed by atoms with Crippen molar-refractivity contribution < 1.29 is 0 Å². The third-order valence-electron chi connectivity index (χ3n) is 3.56. The summed E-state index contributed by atoms with van der Waals surface area (Å²) in [6.45, 7) is 10.1. The number of hydrogen-bond donors (Lipinski definition) is 1. The quantitative estimate of drug-likeness (QED) is 0.695. The topological polar surface area (TPSA) is 12.0 Å². The maximum atomic E-state index is 3.72. The molecule has 0 spiro atoms. The van der Waals surface area contributed by atoms with Crippen LogP contribution in [-0.2, 0) is 5.41 Å². The summed E-state index contributed by atoms with van der Waals surface area (Å²) >= 11 is 5.40. The zero-order valence-electron chi connectivity index (χ0n) is 13.2. The summed E-state index contributed by atoms with van der Waals surface area (Å²) in [5.74, 6) is 0. The second-order valence-corrected chi connectivity index (χ2v) is 8.86. The van der Waals surface area contributed by atoms with Crippen molar-refractivity contribution in [2.24, 2.45) is 0 Å². The van der Waals surface area contributed by atoms with E-state index in [0.717, 1.165) is 13.0 Å². The molecule has 0 saturated heterocycles. The van der Waals surface area contributed by atoms with Crippen LogP contribution in [0.5, 0.6) is 0 Å². The SMILES string of the molecule is CCCNC(c1ccc(Br)s1)c1ccccc1C(C)(C)C. The van der Waals surface area contributed by atoms with Gasteiger partial charge in [0.1, 0.15) is 0 Å². The Hall–Kier alpha value is -0.640. The van der Waals surface area contributed by atoms with Crippen molar-refractivity contribution in [2.75, 3.05) is 6.54 Å². The van der Waals surface area contributed by atoms with E-state index in [1.165, 1.54) is 19.8 Å². The normalized spacial score (nSPS) is 13.4. The van der Waals surface area contributed by atoms with Gasteiger partial charge in [0.15, 0.2) is 0 Å². The fourth-order valence-electron chi connectivity index (χ4n) is 2.57. The number of thiophene rings is 1. The summed E-state index contributed by atoms with van der Waals surface area (Å²) in [7, 11) is 0. The monoisotopic (exact) mass is 365 g/mol. The standard InChI is InChI=1S/C18H24BrNS/c1-5-12-20-17(15-10-11-16(19)21-15)13-8-6-7-9-14(13)18(2,3)4/h6-11,17,20H,5,12H2,1-4H3. The highest BCUT2D eigenvalue weighted by atomic mass is 79.9. The summed E-state index contributed by atoms with van der Waals surface area (Å²) < 4.78 is 1.19. The summed E-state index contributed by atoms with van der Waals surface area (Å²) in [5.41, 5.74) is 2.97. The Bertz CT molecular complexity index is 583. The van der Waals surface area contributed by atoms with Crippen molar-refractivity contribution in [1.82, 2.24) is 5.32 Å². The average molecular weight is 366 g/mol. The molecule has 1 N–H and O–H groups in total. The maximum Gasteiger partial charge on any atom is 0.0702 e. The van der Waals surface area contributed by atoms with E-state index < -0.39 is 0 Å². The van der Waals surface area contributed by atoms with E-state index >= 15 is 0 Å². The van der Waals surface area contributed by atoms with Gasteiger partial charge in [-0.1, -0.05) is 52.0 Å². The Morgan fingerprint density at radius 3 is 2.43 bits per heavy atom. The molecule has 1 nitrogen and oxygen atoms in total. The minimum absolute atomic E-state index is 0.150. The second kappa shape index (κ2) is 7.08. The summed E-state index contributed by atoms with van der Waals surface area (Å²) in [4.78, 5) is 1.37. The fourth-order valence-corrected chi connectivity index (χ4v) is 4.09. The first-order chi connectivity index (χ1) is 9.93. The lowest BCUT2D eigenvalue weighted by molar-refractivity contribution is 0.551. The molecule has 3 heteroatoms.